The van der Waals surface area contributed by atoms with Crippen LogP contribution in [0.5, 0.6) is 0 Å². The largest absolute Gasteiger partial charge is 0.522 e. The van der Waals surface area contributed by atoms with Crippen LogP contribution in [0, 0.1) is 0 Å². The quantitative estimate of drug-likeness (QED) is 0.626. The number of halogens is 3. The molecule has 1 unspecified atom stereocenters. The second kappa shape index (κ2) is 4.30. The number of ether oxygens (including phenoxy) is 2. The molecule has 0 aromatic rings. The lowest BCUT2D eigenvalue weighted by Gasteiger charge is -2.13. The second-order valence-electron chi connectivity index (χ2n) is 2.18. The zero-order chi connectivity index (χ0) is 9.78. The summed E-state index contributed by atoms with van der Waals surface area (Å²) < 4.78 is 42.0. The molecule has 0 heterocycles. The summed E-state index contributed by atoms with van der Waals surface area (Å²) in [5.74, 6) is -0.631. The van der Waals surface area contributed by atoms with Gasteiger partial charge in [0, 0.05) is 6.92 Å². The van der Waals surface area contributed by atoms with E-state index >= 15 is 0 Å². The molecule has 0 N–H and O–H groups in total. The lowest BCUT2D eigenvalue weighted by molar-refractivity contribution is -0.330. The Morgan fingerprint density at radius 3 is 2.33 bits per heavy atom. The van der Waals surface area contributed by atoms with Crippen LogP contribution in [0.25, 0.3) is 0 Å². The summed E-state index contributed by atoms with van der Waals surface area (Å²) in [5, 5.41) is 0. The summed E-state index contributed by atoms with van der Waals surface area (Å²) in [6, 6.07) is 0. The Morgan fingerprint density at radius 1 is 1.50 bits per heavy atom. The first-order valence-corrected chi connectivity index (χ1v) is 3.19. The molecule has 0 aliphatic carbocycles. The van der Waals surface area contributed by atoms with Crippen molar-refractivity contribution in [1.82, 2.24) is 0 Å². The number of carbonyl (C=O) groups excluding carboxylic acids is 1. The summed E-state index contributed by atoms with van der Waals surface area (Å²) in [4.78, 5) is 10.2. The van der Waals surface area contributed by atoms with Gasteiger partial charge in [-0.25, -0.2) is 0 Å². The Kier molecular flexibility index (Phi) is 4.02. The van der Waals surface area contributed by atoms with E-state index in [2.05, 4.69) is 9.47 Å². The van der Waals surface area contributed by atoms with E-state index in [9.17, 15) is 18.0 Å². The third kappa shape index (κ3) is 7.33. The number of esters is 1. The Hall–Kier alpha value is -0.780. The summed E-state index contributed by atoms with van der Waals surface area (Å²) in [7, 11) is 0. The van der Waals surface area contributed by atoms with Crippen molar-refractivity contribution in [3.63, 3.8) is 0 Å². The minimum absolute atomic E-state index is 0.631. The number of alkyl halides is 3. The number of hydrogen-bond acceptors (Lipinski definition) is 3. The molecule has 0 saturated carbocycles. The van der Waals surface area contributed by atoms with E-state index in [1.165, 1.54) is 6.92 Å². The summed E-state index contributed by atoms with van der Waals surface area (Å²) in [6.07, 6.45) is -5.56. The maximum atomic E-state index is 11.4. The molecule has 0 bridgehead atoms. The minimum Gasteiger partial charge on any atom is -0.460 e. The zero-order valence-corrected chi connectivity index (χ0v) is 6.64. The van der Waals surface area contributed by atoms with E-state index in [0.29, 0.717) is 0 Å². The molecule has 0 fully saturated rings. The van der Waals surface area contributed by atoms with Gasteiger partial charge < -0.3 is 4.74 Å². The summed E-state index contributed by atoms with van der Waals surface area (Å²) >= 11 is 0. The first kappa shape index (κ1) is 11.2. The molecule has 0 amide bonds. The van der Waals surface area contributed by atoms with Gasteiger partial charge in [-0.1, -0.05) is 0 Å². The van der Waals surface area contributed by atoms with Crippen LogP contribution >= 0.6 is 0 Å². The van der Waals surface area contributed by atoms with Crippen molar-refractivity contribution in [3.8, 4) is 0 Å². The van der Waals surface area contributed by atoms with E-state index in [1.807, 2.05) is 0 Å². The highest BCUT2D eigenvalue weighted by atomic mass is 19.4. The van der Waals surface area contributed by atoms with Crippen LogP contribution < -0.4 is 0 Å². The SMILES string of the molecule is CC(=O)OC(C)COC(F)(F)F. The first-order chi connectivity index (χ1) is 5.31. The fraction of sp³-hybridized carbons (Fsp3) is 0.833. The Labute approximate surface area is 67.4 Å². The third-order valence-electron chi connectivity index (χ3n) is 0.849. The van der Waals surface area contributed by atoms with Crippen molar-refractivity contribution in [2.75, 3.05) is 6.61 Å². The minimum atomic E-state index is -4.67. The van der Waals surface area contributed by atoms with Crippen LogP contribution in [0.2, 0.25) is 0 Å². The van der Waals surface area contributed by atoms with Crippen LogP contribution in [-0.4, -0.2) is 25.0 Å². The Morgan fingerprint density at radius 2 is 2.00 bits per heavy atom. The highest BCUT2D eigenvalue weighted by Crippen LogP contribution is 2.16. The van der Waals surface area contributed by atoms with Gasteiger partial charge in [0.1, 0.15) is 6.10 Å². The average Bonchev–Trinajstić information content (AvgIpc) is 1.80. The van der Waals surface area contributed by atoms with E-state index in [0.717, 1.165) is 6.92 Å². The number of carbonyl (C=O) groups is 1. The van der Waals surface area contributed by atoms with Gasteiger partial charge in [-0.3, -0.25) is 9.53 Å². The molecule has 0 aliphatic heterocycles. The molecule has 0 aromatic carbocycles. The normalized spacial score (nSPS) is 14.1. The maximum Gasteiger partial charge on any atom is 0.522 e. The average molecular weight is 186 g/mol. The Bertz CT molecular complexity index is 155. The van der Waals surface area contributed by atoms with Crippen LogP contribution in [0.3, 0.4) is 0 Å². The molecule has 72 valence electrons. The molecule has 6 heteroatoms. The van der Waals surface area contributed by atoms with Crippen molar-refractivity contribution in [2.24, 2.45) is 0 Å². The first-order valence-electron chi connectivity index (χ1n) is 3.19. The molecule has 12 heavy (non-hydrogen) atoms. The molecule has 0 aromatic heterocycles. The van der Waals surface area contributed by atoms with Gasteiger partial charge >= 0.3 is 12.3 Å². The summed E-state index contributed by atoms with van der Waals surface area (Å²) in [6.45, 7) is 1.75. The van der Waals surface area contributed by atoms with Crippen LogP contribution in [0.1, 0.15) is 13.8 Å². The van der Waals surface area contributed by atoms with Crippen molar-refractivity contribution in [2.45, 2.75) is 26.3 Å². The predicted molar refractivity (Wildman–Crippen MR) is 33.2 cm³/mol. The van der Waals surface area contributed by atoms with E-state index in [4.69, 9.17) is 0 Å². The summed E-state index contributed by atoms with van der Waals surface area (Å²) in [5.41, 5.74) is 0. The van der Waals surface area contributed by atoms with Crippen molar-refractivity contribution < 1.29 is 27.4 Å². The Balaban J connectivity index is 3.57. The molecule has 1 atom stereocenters. The van der Waals surface area contributed by atoms with Gasteiger partial charge in [0.2, 0.25) is 0 Å². The molecule has 0 aliphatic rings. The van der Waals surface area contributed by atoms with E-state index < -0.39 is 25.0 Å². The van der Waals surface area contributed by atoms with Crippen LogP contribution in [-0.2, 0) is 14.3 Å². The second-order valence-corrected chi connectivity index (χ2v) is 2.18. The molecular weight excluding hydrogens is 177 g/mol. The molecule has 3 nitrogen and oxygen atoms in total. The van der Waals surface area contributed by atoms with Gasteiger partial charge in [-0.2, -0.15) is 0 Å². The number of rotatable bonds is 3. The number of hydrogen-bond donors (Lipinski definition) is 0. The third-order valence-corrected chi connectivity index (χ3v) is 0.849. The van der Waals surface area contributed by atoms with E-state index in [-0.39, 0.29) is 0 Å². The lowest BCUT2D eigenvalue weighted by Crippen LogP contribution is -2.24. The van der Waals surface area contributed by atoms with Crippen molar-refractivity contribution in [3.05, 3.63) is 0 Å². The van der Waals surface area contributed by atoms with Crippen LogP contribution in [0.15, 0.2) is 0 Å². The molecule has 0 spiro atoms. The van der Waals surface area contributed by atoms with Crippen molar-refractivity contribution >= 4 is 5.97 Å². The fourth-order valence-corrected chi connectivity index (χ4v) is 0.529. The smallest absolute Gasteiger partial charge is 0.460 e. The standard InChI is InChI=1S/C6H9F3O3/c1-4(12-5(2)10)3-11-6(7,8)9/h4H,3H2,1-2H3. The van der Waals surface area contributed by atoms with Crippen molar-refractivity contribution in [1.29, 1.82) is 0 Å². The van der Waals surface area contributed by atoms with Gasteiger partial charge in [0.05, 0.1) is 6.61 Å². The predicted octanol–water partition coefficient (Wildman–Crippen LogP) is 1.47. The molecule has 0 radical (unpaired) electrons. The maximum absolute atomic E-state index is 11.4. The molecule has 0 rings (SSSR count). The topological polar surface area (TPSA) is 35.5 Å². The van der Waals surface area contributed by atoms with Gasteiger partial charge in [0.15, 0.2) is 0 Å². The van der Waals surface area contributed by atoms with Gasteiger partial charge in [-0.05, 0) is 6.92 Å². The highest BCUT2D eigenvalue weighted by Gasteiger charge is 2.30. The van der Waals surface area contributed by atoms with Crippen LogP contribution in [0.4, 0.5) is 13.2 Å². The van der Waals surface area contributed by atoms with Gasteiger partial charge in [-0.15, -0.1) is 13.2 Å². The fourth-order valence-electron chi connectivity index (χ4n) is 0.529. The highest BCUT2D eigenvalue weighted by molar-refractivity contribution is 5.66. The zero-order valence-electron chi connectivity index (χ0n) is 6.64. The molecular formula is C6H9F3O3. The lowest BCUT2D eigenvalue weighted by atomic mass is 10.4. The monoisotopic (exact) mass is 186 g/mol. The van der Waals surface area contributed by atoms with E-state index in [1.54, 1.807) is 0 Å². The van der Waals surface area contributed by atoms with Gasteiger partial charge in [0.25, 0.3) is 0 Å². The molecule has 0 saturated heterocycles.